The summed E-state index contributed by atoms with van der Waals surface area (Å²) in [5.74, 6) is 0.669. The molecular weight excluding hydrogens is 278 g/mol. The first kappa shape index (κ1) is 15.9. The van der Waals surface area contributed by atoms with Crippen molar-refractivity contribution in [3.05, 3.63) is 47.9 Å². The Bertz CT molecular complexity index is 649. The zero-order valence-electron chi connectivity index (χ0n) is 13.4. The van der Waals surface area contributed by atoms with Crippen molar-refractivity contribution in [2.24, 2.45) is 0 Å². The molecule has 5 heteroatoms. The first-order chi connectivity index (χ1) is 10.3. The summed E-state index contributed by atoms with van der Waals surface area (Å²) in [6.45, 7) is 7.63. The number of amides is 1. The number of aromatic nitrogens is 2. The molecule has 0 spiro atoms. The van der Waals surface area contributed by atoms with Crippen LogP contribution in [0.1, 0.15) is 32.3 Å². The van der Waals surface area contributed by atoms with E-state index in [0.717, 1.165) is 17.0 Å². The quantitative estimate of drug-likeness (QED) is 0.942. The molecule has 0 aliphatic rings. The van der Waals surface area contributed by atoms with Crippen LogP contribution < -0.4 is 5.32 Å². The predicted octanol–water partition coefficient (Wildman–Crippen LogP) is 3.48. The van der Waals surface area contributed by atoms with Gasteiger partial charge in [0, 0.05) is 5.56 Å². The second-order valence-corrected chi connectivity index (χ2v) is 6.01. The molecule has 1 amide bonds. The number of alkyl carbamates (subject to hydrolysis) is 1. The van der Waals surface area contributed by atoms with Crippen molar-refractivity contribution in [3.8, 4) is 11.3 Å². The van der Waals surface area contributed by atoms with Crippen molar-refractivity contribution >= 4 is 6.09 Å². The van der Waals surface area contributed by atoms with Crippen LogP contribution >= 0.6 is 0 Å². The van der Waals surface area contributed by atoms with E-state index in [1.165, 1.54) is 0 Å². The molecule has 0 bridgehead atoms. The summed E-state index contributed by atoms with van der Waals surface area (Å²) in [6.07, 6.45) is -0.454. The Balaban J connectivity index is 2.09. The SMILES string of the molecule is Cc1nc(CNC(=O)OC(C)(C)C)cc(-c2ccccc2)n1. The van der Waals surface area contributed by atoms with E-state index >= 15 is 0 Å². The summed E-state index contributed by atoms with van der Waals surface area (Å²) in [4.78, 5) is 20.5. The van der Waals surface area contributed by atoms with Gasteiger partial charge in [-0.1, -0.05) is 30.3 Å². The largest absolute Gasteiger partial charge is 0.444 e. The number of nitrogens with zero attached hydrogens (tertiary/aromatic N) is 2. The third kappa shape index (κ3) is 4.84. The maximum absolute atomic E-state index is 11.7. The van der Waals surface area contributed by atoms with Gasteiger partial charge in [-0.3, -0.25) is 0 Å². The van der Waals surface area contributed by atoms with Crippen molar-refractivity contribution in [2.75, 3.05) is 0 Å². The second-order valence-electron chi connectivity index (χ2n) is 6.01. The molecule has 2 aromatic rings. The summed E-state index contributed by atoms with van der Waals surface area (Å²) >= 11 is 0. The van der Waals surface area contributed by atoms with Gasteiger partial charge >= 0.3 is 6.09 Å². The third-order valence-electron chi connectivity index (χ3n) is 2.77. The maximum atomic E-state index is 11.7. The third-order valence-corrected chi connectivity index (χ3v) is 2.77. The van der Waals surface area contributed by atoms with E-state index in [1.54, 1.807) is 0 Å². The molecule has 1 N–H and O–H groups in total. The number of rotatable bonds is 3. The predicted molar refractivity (Wildman–Crippen MR) is 85.3 cm³/mol. The highest BCUT2D eigenvalue weighted by molar-refractivity contribution is 5.67. The molecule has 0 saturated heterocycles. The first-order valence-electron chi connectivity index (χ1n) is 7.20. The van der Waals surface area contributed by atoms with E-state index in [-0.39, 0.29) is 0 Å². The molecule has 2 rings (SSSR count). The molecule has 0 fully saturated rings. The minimum Gasteiger partial charge on any atom is -0.444 e. The number of hydrogen-bond acceptors (Lipinski definition) is 4. The summed E-state index contributed by atoms with van der Waals surface area (Å²) in [5, 5.41) is 2.71. The van der Waals surface area contributed by atoms with E-state index in [1.807, 2.05) is 64.1 Å². The molecule has 116 valence electrons. The molecule has 0 atom stereocenters. The van der Waals surface area contributed by atoms with Crippen LogP contribution in [0.3, 0.4) is 0 Å². The fourth-order valence-corrected chi connectivity index (χ4v) is 1.95. The molecule has 1 heterocycles. The summed E-state index contributed by atoms with van der Waals surface area (Å²) in [7, 11) is 0. The zero-order chi connectivity index (χ0) is 16.2. The Labute approximate surface area is 130 Å². The van der Waals surface area contributed by atoms with Crippen LogP contribution in [0.25, 0.3) is 11.3 Å². The monoisotopic (exact) mass is 299 g/mol. The Hall–Kier alpha value is -2.43. The van der Waals surface area contributed by atoms with Crippen molar-refractivity contribution < 1.29 is 9.53 Å². The van der Waals surface area contributed by atoms with Gasteiger partial charge < -0.3 is 10.1 Å². The lowest BCUT2D eigenvalue weighted by atomic mass is 10.1. The van der Waals surface area contributed by atoms with Crippen LogP contribution in [0, 0.1) is 6.92 Å². The lowest BCUT2D eigenvalue weighted by Crippen LogP contribution is -2.32. The van der Waals surface area contributed by atoms with E-state index in [4.69, 9.17) is 4.74 Å². The molecule has 0 saturated carbocycles. The standard InChI is InChI=1S/C17H21N3O2/c1-12-19-14(11-18-16(21)22-17(2,3)4)10-15(20-12)13-8-6-5-7-9-13/h5-10H,11H2,1-4H3,(H,18,21). The van der Waals surface area contributed by atoms with Crippen LogP contribution in [0.4, 0.5) is 4.79 Å². The minimum absolute atomic E-state index is 0.304. The molecule has 1 aromatic heterocycles. The molecule has 5 nitrogen and oxygen atoms in total. The fraction of sp³-hybridized carbons (Fsp3) is 0.353. The average molecular weight is 299 g/mol. The molecular formula is C17H21N3O2. The number of aryl methyl sites for hydroxylation is 1. The Morgan fingerprint density at radius 2 is 1.86 bits per heavy atom. The van der Waals surface area contributed by atoms with Gasteiger partial charge in [0.2, 0.25) is 0 Å². The molecule has 0 radical (unpaired) electrons. The van der Waals surface area contributed by atoms with Crippen molar-refractivity contribution in [3.63, 3.8) is 0 Å². The number of benzene rings is 1. The van der Waals surface area contributed by atoms with Gasteiger partial charge in [0.15, 0.2) is 0 Å². The van der Waals surface area contributed by atoms with E-state index in [0.29, 0.717) is 12.4 Å². The highest BCUT2D eigenvalue weighted by Gasteiger charge is 2.16. The van der Waals surface area contributed by atoms with E-state index in [2.05, 4.69) is 15.3 Å². The van der Waals surface area contributed by atoms with Gasteiger partial charge in [0.25, 0.3) is 0 Å². The van der Waals surface area contributed by atoms with Crippen molar-refractivity contribution in [1.82, 2.24) is 15.3 Å². The smallest absolute Gasteiger partial charge is 0.407 e. The molecule has 1 aromatic carbocycles. The van der Waals surface area contributed by atoms with Crippen LogP contribution in [0.5, 0.6) is 0 Å². The number of carbonyl (C=O) groups excluding carboxylic acids is 1. The number of nitrogens with one attached hydrogen (secondary N) is 1. The zero-order valence-corrected chi connectivity index (χ0v) is 13.4. The minimum atomic E-state index is -0.513. The molecule has 0 unspecified atom stereocenters. The van der Waals surface area contributed by atoms with Gasteiger partial charge in [-0.15, -0.1) is 0 Å². The Morgan fingerprint density at radius 1 is 1.18 bits per heavy atom. The van der Waals surface area contributed by atoms with Crippen molar-refractivity contribution in [2.45, 2.75) is 39.8 Å². The first-order valence-corrected chi connectivity index (χ1v) is 7.20. The van der Waals surface area contributed by atoms with Gasteiger partial charge in [-0.25, -0.2) is 14.8 Å². The number of ether oxygens (including phenoxy) is 1. The second kappa shape index (κ2) is 6.56. The summed E-state index contributed by atoms with van der Waals surface area (Å²) < 4.78 is 5.21. The number of hydrogen-bond donors (Lipinski definition) is 1. The average Bonchev–Trinajstić information content (AvgIpc) is 2.44. The van der Waals surface area contributed by atoms with Crippen LogP contribution in [0.2, 0.25) is 0 Å². The van der Waals surface area contributed by atoms with Gasteiger partial charge in [-0.05, 0) is 33.8 Å². The number of carbonyl (C=O) groups is 1. The molecule has 0 aliphatic carbocycles. The van der Waals surface area contributed by atoms with Crippen LogP contribution in [-0.4, -0.2) is 21.7 Å². The lowest BCUT2D eigenvalue weighted by molar-refractivity contribution is 0.0523. The van der Waals surface area contributed by atoms with Gasteiger partial charge in [0.05, 0.1) is 17.9 Å². The summed E-state index contributed by atoms with van der Waals surface area (Å²) in [6, 6.07) is 11.7. The van der Waals surface area contributed by atoms with Gasteiger partial charge in [-0.2, -0.15) is 0 Å². The van der Waals surface area contributed by atoms with Crippen LogP contribution in [0.15, 0.2) is 36.4 Å². The highest BCUT2D eigenvalue weighted by Crippen LogP contribution is 2.17. The molecule has 22 heavy (non-hydrogen) atoms. The van der Waals surface area contributed by atoms with E-state index in [9.17, 15) is 4.79 Å². The Kier molecular flexibility index (Phi) is 4.75. The fourth-order valence-electron chi connectivity index (χ4n) is 1.95. The highest BCUT2D eigenvalue weighted by atomic mass is 16.6. The molecule has 0 aliphatic heterocycles. The summed E-state index contributed by atoms with van der Waals surface area (Å²) in [5.41, 5.74) is 2.10. The van der Waals surface area contributed by atoms with E-state index < -0.39 is 11.7 Å². The maximum Gasteiger partial charge on any atom is 0.407 e. The van der Waals surface area contributed by atoms with Crippen molar-refractivity contribution in [1.29, 1.82) is 0 Å². The lowest BCUT2D eigenvalue weighted by Gasteiger charge is -2.19. The normalized spacial score (nSPS) is 11.1. The van der Waals surface area contributed by atoms with Crippen LogP contribution in [-0.2, 0) is 11.3 Å². The Morgan fingerprint density at radius 3 is 2.50 bits per heavy atom. The topological polar surface area (TPSA) is 64.1 Å². The van der Waals surface area contributed by atoms with Gasteiger partial charge in [0.1, 0.15) is 11.4 Å².